The number of terminal acetylenes is 2. The van der Waals surface area contributed by atoms with E-state index in [0.29, 0.717) is 34.1 Å². The van der Waals surface area contributed by atoms with Gasteiger partial charge in [-0.25, -0.2) is 9.80 Å². The third-order valence-corrected chi connectivity index (χ3v) is 7.30. The third kappa shape index (κ3) is 5.23. The normalized spacial score (nSPS) is 14.2. The minimum atomic E-state index is -5.06. The minimum Gasteiger partial charge on any atom is -0.457 e. The predicted molar refractivity (Wildman–Crippen MR) is 154 cm³/mol. The van der Waals surface area contributed by atoms with Gasteiger partial charge in [-0.15, -0.1) is 12.8 Å². The summed E-state index contributed by atoms with van der Waals surface area (Å²) in [6, 6.07) is 11.2. The molecule has 0 unspecified atom stereocenters. The quantitative estimate of drug-likeness (QED) is 0.135. The van der Waals surface area contributed by atoms with E-state index < -0.39 is 70.0 Å². The molecular formula is C34H14F6N2O5. The van der Waals surface area contributed by atoms with Gasteiger partial charge < -0.3 is 4.74 Å². The SMILES string of the molecule is C#Cc1ccc2c(c1)C(=O)N(c1cc(Oc3cc(N4C(=O)c5ccc(C#C)cc5C4=O)cc(C(F)(F)F)c3)cc(C(F)(F)F)c1)C2=O. The van der Waals surface area contributed by atoms with Crippen LogP contribution in [0.2, 0.25) is 0 Å². The smallest absolute Gasteiger partial charge is 0.416 e. The number of ether oxygens (including phenoxy) is 1. The Morgan fingerprint density at radius 2 is 0.872 bits per heavy atom. The molecule has 6 rings (SSSR count). The van der Waals surface area contributed by atoms with Gasteiger partial charge in [-0.1, -0.05) is 11.8 Å². The maximum Gasteiger partial charge on any atom is 0.416 e. The molecule has 0 saturated carbocycles. The molecule has 47 heavy (non-hydrogen) atoms. The number of halogens is 6. The molecule has 2 heterocycles. The Morgan fingerprint density at radius 1 is 0.511 bits per heavy atom. The van der Waals surface area contributed by atoms with Crippen molar-refractivity contribution >= 4 is 35.0 Å². The van der Waals surface area contributed by atoms with Crippen molar-refractivity contribution in [2.24, 2.45) is 0 Å². The highest BCUT2D eigenvalue weighted by Crippen LogP contribution is 2.42. The number of hydrogen-bond acceptors (Lipinski definition) is 5. The van der Waals surface area contributed by atoms with Crippen LogP contribution in [0.3, 0.4) is 0 Å². The summed E-state index contributed by atoms with van der Waals surface area (Å²) in [5.41, 5.74) is -4.13. The highest BCUT2D eigenvalue weighted by atomic mass is 19.4. The van der Waals surface area contributed by atoms with Crippen LogP contribution < -0.4 is 14.5 Å². The average molecular weight is 644 g/mol. The van der Waals surface area contributed by atoms with Crippen LogP contribution in [0.4, 0.5) is 37.7 Å². The van der Waals surface area contributed by atoms with Crippen LogP contribution in [0.15, 0.2) is 72.8 Å². The Morgan fingerprint density at radius 3 is 1.21 bits per heavy atom. The first kappa shape index (κ1) is 30.7. The second kappa shape index (κ2) is 10.6. The fourth-order valence-corrected chi connectivity index (χ4v) is 5.14. The van der Waals surface area contributed by atoms with Crippen LogP contribution in [0.25, 0.3) is 0 Å². The maximum atomic E-state index is 14.0. The van der Waals surface area contributed by atoms with Crippen molar-refractivity contribution in [1.82, 2.24) is 0 Å². The molecule has 0 aromatic heterocycles. The van der Waals surface area contributed by atoms with E-state index in [1.54, 1.807) is 0 Å². The number of fused-ring (bicyclic) bond motifs is 2. The average Bonchev–Trinajstić information content (AvgIpc) is 3.42. The van der Waals surface area contributed by atoms with E-state index in [2.05, 4.69) is 11.8 Å². The van der Waals surface area contributed by atoms with Crippen molar-refractivity contribution in [1.29, 1.82) is 0 Å². The Labute approximate surface area is 261 Å². The minimum absolute atomic E-state index is 0.133. The lowest BCUT2D eigenvalue weighted by molar-refractivity contribution is -0.138. The lowest BCUT2D eigenvalue weighted by Crippen LogP contribution is -2.30. The van der Waals surface area contributed by atoms with E-state index in [1.165, 1.54) is 36.4 Å². The third-order valence-electron chi connectivity index (χ3n) is 7.30. The number of amides is 4. The molecule has 7 nitrogen and oxygen atoms in total. The van der Waals surface area contributed by atoms with Crippen LogP contribution in [-0.2, 0) is 12.4 Å². The van der Waals surface area contributed by atoms with Gasteiger partial charge in [0.15, 0.2) is 0 Å². The van der Waals surface area contributed by atoms with Gasteiger partial charge in [0.1, 0.15) is 11.5 Å². The second-order valence-corrected chi connectivity index (χ2v) is 10.2. The van der Waals surface area contributed by atoms with Crippen LogP contribution in [-0.4, -0.2) is 23.6 Å². The summed E-state index contributed by atoms with van der Waals surface area (Å²) in [7, 11) is 0. The molecular weight excluding hydrogens is 630 g/mol. The highest BCUT2D eigenvalue weighted by molar-refractivity contribution is 6.35. The van der Waals surface area contributed by atoms with Crippen LogP contribution >= 0.6 is 0 Å². The first-order valence-corrected chi connectivity index (χ1v) is 13.2. The van der Waals surface area contributed by atoms with Crippen molar-refractivity contribution in [3.63, 3.8) is 0 Å². The summed E-state index contributed by atoms with van der Waals surface area (Å²) in [5.74, 6) is -0.807. The Kier molecular flexibility index (Phi) is 6.94. The zero-order valence-electron chi connectivity index (χ0n) is 23.3. The van der Waals surface area contributed by atoms with Crippen molar-refractivity contribution in [2.75, 3.05) is 9.80 Å². The van der Waals surface area contributed by atoms with Gasteiger partial charge >= 0.3 is 12.4 Å². The second-order valence-electron chi connectivity index (χ2n) is 10.2. The number of hydrogen-bond donors (Lipinski definition) is 0. The summed E-state index contributed by atoms with van der Waals surface area (Å²) in [4.78, 5) is 53.4. The van der Waals surface area contributed by atoms with Crippen molar-refractivity contribution < 1.29 is 50.3 Å². The zero-order chi connectivity index (χ0) is 34.0. The number of anilines is 2. The Bertz CT molecular complexity index is 2020. The van der Waals surface area contributed by atoms with Gasteiger partial charge in [0, 0.05) is 23.3 Å². The van der Waals surface area contributed by atoms with Gasteiger partial charge in [0.05, 0.1) is 44.8 Å². The summed E-state index contributed by atoms with van der Waals surface area (Å²) in [5, 5.41) is 0. The number of imide groups is 2. The van der Waals surface area contributed by atoms with Crippen molar-refractivity contribution in [2.45, 2.75) is 12.4 Å². The van der Waals surface area contributed by atoms with E-state index in [-0.39, 0.29) is 33.4 Å². The molecule has 0 bridgehead atoms. The van der Waals surface area contributed by atoms with E-state index in [0.717, 1.165) is 12.1 Å². The number of carbonyl (C=O) groups is 4. The summed E-state index contributed by atoms with van der Waals surface area (Å²) < 4.78 is 89.3. The largest absolute Gasteiger partial charge is 0.457 e. The maximum absolute atomic E-state index is 14.0. The molecule has 0 fully saturated rings. The summed E-state index contributed by atoms with van der Waals surface area (Å²) >= 11 is 0. The molecule has 232 valence electrons. The van der Waals surface area contributed by atoms with Gasteiger partial charge in [-0.3, -0.25) is 19.2 Å². The van der Waals surface area contributed by atoms with E-state index in [4.69, 9.17) is 17.6 Å². The zero-order valence-corrected chi connectivity index (χ0v) is 23.3. The van der Waals surface area contributed by atoms with Gasteiger partial charge in [0.25, 0.3) is 23.6 Å². The molecule has 13 heteroatoms. The van der Waals surface area contributed by atoms with Crippen LogP contribution in [0, 0.1) is 24.7 Å². The van der Waals surface area contributed by atoms with Crippen molar-refractivity contribution in [3.8, 4) is 36.2 Å². The molecule has 2 aliphatic heterocycles. The Hall–Kier alpha value is -6.34. The molecule has 0 atom stereocenters. The Balaban J connectivity index is 1.43. The van der Waals surface area contributed by atoms with Crippen LogP contribution in [0.1, 0.15) is 63.7 Å². The number of alkyl halides is 6. The molecule has 4 aromatic carbocycles. The summed E-state index contributed by atoms with van der Waals surface area (Å²) in [6.07, 6.45) is 0.586. The molecule has 0 radical (unpaired) electrons. The first-order valence-electron chi connectivity index (χ1n) is 13.2. The molecule has 0 spiro atoms. The monoisotopic (exact) mass is 644 g/mol. The lowest BCUT2D eigenvalue weighted by Gasteiger charge is -2.20. The molecule has 4 amide bonds. The molecule has 0 aliphatic carbocycles. The van der Waals surface area contributed by atoms with Gasteiger partial charge in [0.2, 0.25) is 0 Å². The fraction of sp³-hybridized carbons (Fsp3) is 0.0588. The first-order chi connectivity index (χ1) is 22.1. The standard InChI is InChI=1S/C34H14F6N2O5/c1-3-17-5-7-25-27(9-17)31(45)41(29(25)43)21-11-19(33(35,36)37)13-23(15-21)47-24-14-20(34(38,39)40)12-22(16-24)42-30(44)26-8-6-18(4-2)10-28(26)32(42)46/h1-2,5-16H. The number of benzene rings is 4. The van der Waals surface area contributed by atoms with Crippen molar-refractivity contribution in [3.05, 3.63) is 117 Å². The molecule has 2 aliphatic rings. The van der Waals surface area contributed by atoms with Crippen LogP contribution in [0.5, 0.6) is 11.5 Å². The number of nitrogens with zero attached hydrogens (tertiary/aromatic N) is 2. The highest BCUT2D eigenvalue weighted by Gasteiger charge is 2.41. The molecule has 4 aromatic rings. The number of carbonyl (C=O) groups excluding carboxylic acids is 4. The van der Waals surface area contributed by atoms with E-state index in [9.17, 15) is 45.5 Å². The van der Waals surface area contributed by atoms with E-state index >= 15 is 0 Å². The lowest BCUT2D eigenvalue weighted by atomic mass is 10.1. The summed E-state index contributed by atoms with van der Waals surface area (Å²) in [6.45, 7) is 0. The fourth-order valence-electron chi connectivity index (χ4n) is 5.14. The predicted octanol–water partition coefficient (Wildman–Crippen LogP) is 7.08. The van der Waals surface area contributed by atoms with E-state index in [1.807, 2.05) is 0 Å². The molecule has 0 N–H and O–H groups in total. The van der Waals surface area contributed by atoms with Gasteiger partial charge in [-0.2, -0.15) is 26.3 Å². The molecule has 0 saturated heterocycles. The van der Waals surface area contributed by atoms with Gasteiger partial charge in [-0.05, 0) is 60.7 Å². The topological polar surface area (TPSA) is 84.0 Å². The number of rotatable bonds is 4.